The molecule has 0 aliphatic carbocycles. The number of morpholine rings is 1. The van der Waals surface area contributed by atoms with Crippen LogP contribution in [0.2, 0.25) is 0 Å². The van der Waals surface area contributed by atoms with Gasteiger partial charge in [0.05, 0.1) is 41.7 Å². The van der Waals surface area contributed by atoms with Crippen LogP contribution in [-0.4, -0.2) is 50.2 Å². The second kappa shape index (κ2) is 11.0. The number of aromatic nitrogens is 1. The van der Waals surface area contributed by atoms with Gasteiger partial charge in [0.25, 0.3) is 5.56 Å². The fraction of sp³-hybridized carbons (Fsp3) is 0.258. The van der Waals surface area contributed by atoms with Crippen molar-refractivity contribution in [2.24, 2.45) is 4.99 Å². The number of anilines is 1. The molecule has 1 atom stereocenters. The molecule has 0 unspecified atom stereocenters. The van der Waals surface area contributed by atoms with Crippen LogP contribution < -0.4 is 29.3 Å². The minimum absolute atomic E-state index is 0.104. The van der Waals surface area contributed by atoms with Crippen LogP contribution >= 0.6 is 11.3 Å². The zero-order valence-corrected chi connectivity index (χ0v) is 23.6. The molecule has 3 aliphatic heterocycles. The number of furan rings is 1. The first-order chi connectivity index (χ1) is 20.6. The van der Waals surface area contributed by atoms with Crippen molar-refractivity contribution in [1.29, 1.82) is 0 Å². The topological polar surface area (TPSA) is 105 Å². The van der Waals surface area contributed by atoms with Crippen LogP contribution in [0.25, 0.3) is 11.8 Å². The summed E-state index contributed by atoms with van der Waals surface area (Å²) in [6.07, 6.45) is 1.72. The minimum Gasteiger partial charge on any atom is -0.463 e. The van der Waals surface area contributed by atoms with Gasteiger partial charge in [-0.25, -0.2) is 9.79 Å². The molecule has 2 aromatic carbocycles. The number of hydrogen-bond acceptors (Lipinski definition) is 10. The maximum absolute atomic E-state index is 14.1. The monoisotopic (exact) mass is 585 g/mol. The Kier molecular flexibility index (Phi) is 6.88. The highest BCUT2D eigenvalue weighted by atomic mass is 32.1. The molecule has 0 amide bonds. The average molecular weight is 586 g/mol. The van der Waals surface area contributed by atoms with E-state index in [1.54, 1.807) is 29.7 Å². The molecule has 11 heteroatoms. The number of rotatable bonds is 6. The highest BCUT2D eigenvalue weighted by molar-refractivity contribution is 7.07. The molecule has 3 aliphatic rings. The van der Waals surface area contributed by atoms with Crippen LogP contribution in [0.15, 0.2) is 80.4 Å². The van der Waals surface area contributed by atoms with Crippen LogP contribution in [0.1, 0.15) is 29.9 Å². The van der Waals surface area contributed by atoms with Gasteiger partial charge in [-0.3, -0.25) is 9.36 Å². The van der Waals surface area contributed by atoms with E-state index in [1.807, 2.05) is 48.5 Å². The molecule has 0 bridgehead atoms. The Bertz CT molecular complexity index is 1870. The number of carbonyl (C=O) groups is 1. The maximum atomic E-state index is 14.1. The van der Waals surface area contributed by atoms with E-state index in [9.17, 15) is 9.59 Å². The van der Waals surface area contributed by atoms with Crippen molar-refractivity contribution < 1.29 is 28.2 Å². The zero-order chi connectivity index (χ0) is 28.6. The molecular formula is C31H27N3O7S. The molecule has 2 aromatic heterocycles. The molecule has 5 heterocycles. The van der Waals surface area contributed by atoms with E-state index in [-0.39, 0.29) is 24.5 Å². The Balaban J connectivity index is 1.42. The second-order valence-corrected chi connectivity index (χ2v) is 10.8. The average Bonchev–Trinajstić information content (AvgIpc) is 3.76. The summed E-state index contributed by atoms with van der Waals surface area (Å²) in [5.74, 6) is 1.88. The van der Waals surface area contributed by atoms with Gasteiger partial charge >= 0.3 is 5.97 Å². The third-order valence-corrected chi connectivity index (χ3v) is 8.28. The SMILES string of the molecule is CCOC(=O)C1=C(c2ccccc2)N=c2sc(=Cc3ccc(N4CCOCC4)o3)c(=O)n2[C@@H]1c1ccc2c(c1)OCO2. The van der Waals surface area contributed by atoms with Crippen molar-refractivity contribution in [3.63, 3.8) is 0 Å². The molecule has 10 nitrogen and oxygen atoms in total. The van der Waals surface area contributed by atoms with Gasteiger partial charge in [-0.1, -0.05) is 47.7 Å². The van der Waals surface area contributed by atoms with Crippen LogP contribution in [0.5, 0.6) is 11.5 Å². The highest BCUT2D eigenvalue weighted by Crippen LogP contribution is 2.40. The fourth-order valence-electron chi connectivity index (χ4n) is 5.34. The van der Waals surface area contributed by atoms with Crippen LogP contribution in [-0.2, 0) is 14.3 Å². The lowest BCUT2D eigenvalue weighted by Crippen LogP contribution is -2.40. The van der Waals surface area contributed by atoms with Gasteiger partial charge in [-0.15, -0.1) is 0 Å². The first-order valence-electron chi connectivity index (χ1n) is 13.7. The summed E-state index contributed by atoms with van der Waals surface area (Å²) in [5.41, 5.74) is 1.85. The van der Waals surface area contributed by atoms with E-state index < -0.39 is 12.0 Å². The maximum Gasteiger partial charge on any atom is 0.338 e. The van der Waals surface area contributed by atoms with E-state index in [1.165, 1.54) is 11.3 Å². The van der Waals surface area contributed by atoms with Crippen molar-refractivity contribution >= 4 is 35.0 Å². The second-order valence-electron chi connectivity index (χ2n) is 9.82. The highest BCUT2D eigenvalue weighted by Gasteiger charge is 2.36. The van der Waals surface area contributed by atoms with Crippen molar-refractivity contribution in [3.8, 4) is 11.5 Å². The molecule has 4 aromatic rings. The number of hydrogen-bond donors (Lipinski definition) is 0. The minimum atomic E-state index is -0.812. The van der Waals surface area contributed by atoms with Gasteiger partial charge in [-0.2, -0.15) is 0 Å². The van der Waals surface area contributed by atoms with E-state index in [4.69, 9.17) is 28.4 Å². The summed E-state index contributed by atoms with van der Waals surface area (Å²) in [5, 5.41) is 0. The quantitative estimate of drug-likeness (QED) is 0.318. The standard InChI is InChI=1S/C31H27N3O7S/c1-2-38-30(36)26-27(19-6-4-3-5-7-19)32-31-34(28(26)20-8-10-22-23(16-20)40-18-39-22)29(35)24(42-31)17-21-9-11-25(41-21)33-12-14-37-15-13-33/h3-11,16-17,28H,2,12-15,18H2,1H3/t28-/m1/s1. The van der Waals surface area contributed by atoms with Crippen LogP contribution in [0.3, 0.4) is 0 Å². The van der Waals surface area contributed by atoms with Crippen molar-refractivity contribution in [2.75, 3.05) is 44.6 Å². The molecule has 42 heavy (non-hydrogen) atoms. The Morgan fingerprint density at radius 3 is 2.69 bits per heavy atom. The molecule has 0 radical (unpaired) electrons. The summed E-state index contributed by atoms with van der Waals surface area (Å²) >= 11 is 1.24. The van der Waals surface area contributed by atoms with Gasteiger partial charge in [0.2, 0.25) is 6.79 Å². The molecule has 7 rings (SSSR count). The number of benzene rings is 2. The van der Waals surface area contributed by atoms with E-state index in [0.717, 1.165) is 24.5 Å². The number of fused-ring (bicyclic) bond motifs is 2. The third-order valence-electron chi connectivity index (χ3n) is 7.29. The van der Waals surface area contributed by atoms with E-state index in [2.05, 4.69) is 4.90 Å². The van der Waals surface area contributed by atoms with E-state index >= 15 is 0 Å². The van der Waals surface area contributed by atoms with Crippen molar-refractivity contribution in [3.05, 3.63) is 103 Å². The summed E-state index contributed by atoms with van der Waals surface area (Å²) in [4.78, 5) is 35.2. The lowest BCUT2D eigenvalue weighted by Gasteiger charge is -2.26. The molecule has 214 valence electrons. The fourth-order valence-corrected chi connectivity index (χ4v) is 6.32. The zero-order valence-electron chi connectivity index (χ0n) is 22.8. The smallest absolute Gasteiger partial charge is 0.338 e. The Morgan fingerprint density at radius 1 is 1.07 bits per heavy atom. The molecule has 1 fully saturated rings. The lowest BCUT2D eigenvalue weighted by molar-refractivity contribution is -0.138. The predicted octanol–water partition coefficient (Wildman–Crippen LogP) is 3.09. The lowest BCUT2D eigenvalue weighted by atomic mass is 9.93. The number of esters is 1. The first kappa shape index (κ1) is 26.3. The number of thiazole rings is 1. The van der Waals surface area contributed by atoms with Gasteiger partial charge in [0.1, 0.15) is 5.76 Å². The molecule has 1 saturated heterocycles. The first-order valence-corrected chi connectivity index (χ1v) is 14.5. The summed E-state index contributed by atoms with van der Waals surface area (Å²) in [6.45, 7) is 4.79. The Hall–Kier alpha value is -4.61. The molecule has 0 N–H and O–H groups in total. The summed E-state index contributed by atoms with van der Waals surface area (Å²) in [6, 6.07) is 17.8. The Labute approximate surface area is 244 Å². The number of ether oxygens (including phenoxy) is 4. The summed E-state index contributed by atoms with van der Waals surface area (Å²) in [7, 11) is 0. The largest absolute Gasteiger partial charge is 0.463 e. The third kappa shape index (κ3) is 4.70. The number of nitrogens with zero attached hydrogens (tertiary/aromatic N) is 3. The molecule has 0 spiro atoms. The van der Waals surface area contributed by atoms with Crippen molar-refractivity contribution in [2.45, 2.75) is 13.0 Å². The number of carbonyl (C=O) groups excluding carboxylic acids is 1. The van der Waals surface area contributed by atoms with Gasteiger partial charge in [0.15, 0.2) is 22.2 Å². The Morgan fingerprint density at radius 2 is 1.88 bits per heavy atom. The van der Waals surface area contributed by atoms with Crippen molar-refractivity contribution in [1.82, 2.24) is 4.57 Å². The van der Waals surface area contributed by atoms with Gasteiger partial charge < -0.3 is 28.3 Å². The van der Waals surface area contributed by atoms with Crippen LogP contribution in [0, 0.1) is 0 Å². The normalized spacial score (nSPS) is 18.2. The van der Waals surface area contributed by atoms with Gasteiger partial charge in [0, 0.05) is 30.8 Å². The molecule has 0 saturated carbocycles. The molecular weight excluding hydrogens is 558 g/mol. The van der Waals surface area contributed by atoms with Crippen LogP contribution in [0.4, 0.5) is 5.88 Å². The van der Waals surface area contributed by atoms with E-state index in [0.29, 0.717) is 51.1 Å². The summed E-state index contributed by atoms with van der Waals surface area (Å²) < 4.78 is 30.2. The van der Waals surface area contributed by atoms with Gasteiger partial charge in [-0.05, 0) is 30.7 Å². The predicted molar refractivity (Wildman–Crippen MR) is 155 cm³/mol.